The van der Waals surface area contributed by atoms with Gasteiger partial charge in [0.2, 0.25) is 0 Å². The first-order valence-electron chi connectivity index (χ1n) is 12.0. The van der Waals surface area contributed by atoms with Crippen molar-refractivity contribution in [1.82, 2.24) is 0 Å². The molecular weight excluding hydrogens is 385 g/mol. The smallest absolute Gasteiger partial charge is 0.387 e. The number of benzene rings is 1. The van der Waals surface area contributed by atoms with Gasteiger partial charge in [0.25, 0.3) is 0 Å². The van der Waals surface area contributed by atoms with Crippen molar-refractivity contribution < 1.29 is 17.9 Å². The molecule has 0 heterocycles. The molecule has 0 atom stereocenters. The molecule has 0 N–H and O–H groups in total. The van der Waals surface area contributed by atoms with Crippen molar-refractivity contribution in [3.63, 3.8) is 0 Å². The van der Waals surface area contributed by atoms with Crippen LogP contribution in [-0.2, 0) is 0 Å². The second kappa shape index (κ2) is 11.8. The molecule has 3 rings (SSSR count). The van der Waals surface area contributed by atoms with Crippen LogP contribution in [0.15, 0.2) is 30.4 Å². The van der Waals surface area contributed by atoms with Crippen LogP contribution in [-0.4, -0.2) is 6.61 Å². The van der Waals surface area contributed by atoms with E-state index < -0.39 is 12.4 Å². The van der Waals surface area contributed by atoms with Gasteiger partial charge in [-0.25, -0.2) is 4.39 Å². The lowest BCUT2D eigenvalue weighted by Gasteiger charge is -2.29. The summed E-state index contributed by atoms with van der Waals surface area (Å²) in [7, 11) is 0. The molecule has 0 unspecified atom stereocenters. The summed E-state index contributed by atoms with van der Waals surface area (Å²) in [6.07, 6.45) is 20.0. The average Bonchev–Trinajstić information content (AvgIpc) is 2.74. The first kappa shape index (κ1) is 23.2. The predicted octanol–water partition coefficient (Wildman–Crippen LogP) is 8.64. The Hall–Kier alpha value is -1.45. The number of hydrogen-bond acceptors (Lipinski definition) is 1. The van der Waals surface area contributed by atoms with Crippen molar-refractivity contribution in [2.75, 3.05) is 0 Å². The van der Waals surface area contributed by atoms with E-state index in [1.165, 1.54) is 63.5 Å². The summed E-state index contributed by atoms with van der Waals surface area (Å²) >= 11 is 0. The molecule has 0 radical (unpaired) electrons. The Kier molecular flexibility index (Phi) is 9.14. The topological polar surface area (TPSA) is 9.23 Å². The first-order valence-corrected chi connectivity index (χ1v) is 12.0. The maximum Gasteiger partial charge on any atom is 0.387 e. The van der Waals surface area contributed by atoms with E-state index in [4.69, 9.17) is 0 Å². The van der Waals surface area contributed by atoms with Crippen LogP contribution in [0.5, 0.6) is 5.75 Å². The average molecular weight is 423 g/mol. The molecule has 30 heavy (non-hydrogen) atoms. The molecule has 0 bridgehead atoms. The van der Waals surface area contributed by atoms with Crippen LogP contribution in [0, 0.1) is 23.6 Å². The molecule has 0 amide bonds. The van der Waals surface area contributed by atoms with Gasteiger partial charge in [0, 0.05) is 0 Å². The van der Waals surface area contributed by atoms with Crippen molar-refractivity contribution in [3.05, 3.63) is 41.7 Å². The molecule has 168 valence electrons. The van der Waals surface area contributed by atoms with E-state index in [2.05, 4.69) is 23.8 Å². The lowest BCUT2D eigenvalue weighted by molar-refractivity contribution is -0.0522. The summed E-state index contributed by atoms with van der Waals surface area (Å²) in [4.78, 5) is 0. The van der Waals surface area contributed by atoms with E-state index in [0.29, 0.717) is 5.92 Å². The summed E-state index contributed by atoms with van der Waals surface area (Å²) in [5.41, 5.74) is 0.908. The SMILES string of the molecule is CCCC1CCC(/C=C/CCC2CCC(c3ccc(OC(F)F)c(F)c3)CC2)CC1. The Labute approximate surface area is 180 Å². The number of halogens is 3. The normalized spacial score (nSPS) is 27.6. The van der Waals surface area contributed by atoms with E-state index in [1.54, 1.807) is 6.07 Å². The summed E-state index contributed by atoms with van der Waals surface area (Å²) in [6.45, 7) is -0.704. The van der Waals surface area contributed by atoms with Crippen LogP contribution >= 0.6 is 0 Å². The van der Waals surface area contributed by atoms with Crippen LogP contribution in [0.3, 0.4) is 0 Å². The molecule has 2 saturated carbocycles. The first-order chi connectivity index (χ1) is 14.5. The highest BCUT2D eigenvalue weighted by molar-refractivity contribution is 5.31. The zero-order valence-corrected chi connectivity index (χ0v) is 18.3. The standard InChI is InChI=1S/C26H37F3O/c1-2-5-19-8-10-20(11-9-19)6-3-4-7-21-12-14-22(15-13-21)23-16-17-25(24(27)18-23)30-26(28)29/h3,6,16-22,26H,2,4-5,7-15H2,1H3/b6-3+. The third-order valence-corrected chi connectivity index (χ3v) is 7.23. The van der Waals surface area contributed by atoms with Crippen LogP contribution in [0.4, 0.5) is 13.2 Å². The molecule has 1 nitrogen and oxygen atoms in total. The van der Waals surface area contributed by atoms with Crippen LogP contribution < -0.4 is 4.74 Å². The molecule has 2 fully saturated rings. The fourth-order valence-corrected chi connectivity index (χ4v) is 5.45. The van der Waals surface area contributed by atoms with Crippen LogP contribution in [0.1, 0.15) is 95.5 Å². The van der Waals surface area contributed by atoms with Crippen molar-refractivity contribution in [1.29, 1.82) is 0 Å². The van der Waals surface area contributed by atoms with Crippen LogP contribution in [0.2, 0.25) is 0 Å². The molecule has 4 heteroatoms. The number of ether oxygens (including phenoxy) is 1. The number of hydrogen-bond donors (Lipinski definition) is 0. The summed E-state index contributed by atoms with van der Waals surface area (Å²) in [5, 5.41) is 0. The van der Waals surface area contributed by atoms with E-state index in [-0.39, 0.29) is 5.75 Å². The van der Waals surface area contributed by atoms with E-state index >= 15 is 0 Å². The third-order valence-electron chi connectivity index (χ3n) is 7.23. The zero-order chi connectivity index (χ0) is 21.3. The maximum absolute atomic E-state index is 14.0. The van der Waals surface area contributed by atoms with Crippen molar-refractivity contribution in [3.8, 4) is 5.75 Å². The van der Waals surface area contributed by atoms with Gasteiger partial charge < -0.3 is 4.74 Å². The minimum Gasteiger partial charge on any atom is -0.432 e. The Balaban J connectivity index is 1.35. The lowest BCUT2D eigenvalue weighted by Crippen LogP contribution is -2.14. The van der Waals surface area contributed by atoms with Gasteiger partial charge >= 0.3 is 6.61 Å². The van der Waals surface area contributed by atoms with Crippen molar-refractivity contribution >= 4 is 0 Å². The molecule has 1 aromatic carbocycles. The zero-order valence-electron chi connectivity index (χ0n) is 18.3. The summed E-state index contributed by atoms with van der Waals surface area (Å²) in [5.74, 6) is 1.77. The largest absolute Gasteiger partial charge is 0.432 e. The second-order valence-corrected chi connectivity index (χ2v) is 9.36. The molecule has 1 aromatic rings. The minimum atomic E-state index is -2.99. The lowest BCUT2D eigenvalue weighted by atomic mass is 9.77. The second-order valence-electron chi connectivity index (χ2n) is 9.36. The molecule has 0 aromatic heterocycles. The molecule has 0 saturated heterocycles. The summed E-state index contributed by atoms with van der Waals surface area (Å²) in [6, 6.07) is 4.45. The van der Waals surface area contributed by atoms with Crippen molar-refractivity contribution in [2.45, 2.75) is 96.5 Å². The number of alkyl halides is 2. The highest BCUT2D eigenvalue weighted by Crippen LogP contribution is 2.39. The van der Waals surface area contributed by atoms with Gasteiger partial charge in [0.15, 0.2) is 11.6 Å². The van der Waals surface area contributed by atoms with Gasteiger partial charge in [-0.15, -0.1) is 0 Å². The van der Waals surface area contributed by atoms with E-state index in [9.17, 15) is 13.2 Å². The van der Waals surface area contributed by atoms with Crippen LogP contribution in [0.25, 0.3) is 0 Å². The molecular formula is C26H37F3O. The molecule has 0 spiro atoms. The third kappa shape index (κ3) is 7.06. The van der Waals surface area contributed by atoms with Gasteiger partial charge in [-0.1, -0.05) is 38.0 Å². The monoisotopic (exact) mass is 422 g/mol. The molecule has 0 aliphatic heterocycles. The Morgan fingerprint density at radius 2 is 1.63 bits per heavy atom. The Morgan fingerprint density at radius 1 is 0.967 bits per heavy atom. The fourth-order valence-electron chi connectivity index (χ4n) is 5.45. The number of rotatable bonds is 9. The quantitative estimate of drug-likeness (QED) is 0.362. The van der Waals surface area contributed by atoms with E-state index in [1.807, 2.05) is 0 Å². The minimum absolute atomic E-state index is 0.324. The number of allylic oxidation sites excluding steroid dienone is 2. The molecule has 2 aliphatic rings. The van der Waals surface area contributed by atoms with Gasteiger partial charge in [0.1, 0.15) is 0 Å². The van der Waals surface area contributed by atoms with Gasteiger partial charge in [-0.3, -0.25) is 0 Å². The van der Waals surface area contributed by atoms with Gasteiger partial charge in [-0.05, 0) is 106 Å². The van der Waals surface area contributed by atoms with Gasteiger partial charge in [0.05, 0.1) is 0 Å². The van der Waals surface area contributed by atoms with Crippen molar-refractivity contribution in [2.24, 2.45) is 17.8 Å². The molecule has 2 aliphatic carbocycles. The Morgan fingerprint density at radius 3 is 2.27 bits per heavy atom. The fraction of sp³-hybridized carbons (Fsp3) is 0.692. The Bertz CT molecular complexity index is 656. The highest BCUT2D eigenvalue weighted by atomic mass is 19.3. The summed E-state index contributed by atoms with van der Waals surface area (Å²) < 4.78 is 42.8. The highest BCUT2D eigenvalue weighted by Gasteiger charge is 2.23. The van der Waals surface area contributed by atoms with E-state index in [0.717, 1.165) is 49.0 Å². The predicted molar refractivity (Wildman–Crippen MR) is 116 cm³/mol. The maximum atomic E-state index is 14.0. The van der Waals surface area contributed by atoms with Gasteiger partial charge in [-0.2, -0.15) is 8.78 Å².